The van der Waals surface area contributed by atoms with Crippen LogP contribution in [0.3, 0.4) is 0 Å². The highest BCUT2D eigenvalue weighted by Gasteiger charge is 2.13. The number of amides is 3. The summed E-state index contributed by atoms with van der Waals surface area (Å²) in [6.07, 6.45) is 0.149. The zero-order valence-corrected chi connectivity index (χ0v) is 21.8. The molecule has 0 radical (unpaired) electrons. The Morgan fingerprint density at radius 3 is 2.16 bits per heavy atom. The summed E-state index contributed by atoms with van der Waals surface area (Å²) in [6, 6.07) is 17.8. The lowest BCUT2D eigenvalue weighted by atomic mass is 10.1. The molecule has 0 aliphatic carbocycles. The maximum absolute atomic E-state index is 12.5. The highest BCUT2D eigenvalue weighted by atomic mass is 35.5. The number of pyridine rings is 1. The van der Waals surface area contributed by atoms with E-state index in [1.54, 1.807) is 12.1 Å². The number of carbonyl (C=O) groups is 3. The van der Waals surface area contributed by atoms with E-state index in [0.717, 1.165) is 11.1 Å². The van der Waals surface area contributed by atoms with Gasteiger partial charge in [-0.3, -0.25) is 19.3 Å². The summed E-state index contributed by atoms with van der Waals surface area (Å²) in [5.41, 5.74) is 9.38. The summed E-state index contributed by atoms with van der Waals surface area (Å²) in [4.78, 5) is 42.4. The van der Waals surface area contributed by atoms with E-state index >= 15 is 0 Å². The molecule has 0 spiro atoms. The van der Waals surface area contributed by atoms with Gasteiger partial charge in [0.2, 0.25) is 5.91 Å². The van der Waals surface area contributed by atoms with E-state index in [1.807, 2.05) is 43.4 Å². The summed E-state index contributed by atoms with van der Waals surface area (Å²) < 4.78 is 0. The predicted octanol–water partition coefficient (Wildman–Crippen LogP) is 2.43. The summed E-state index contributed by atoms with van der Waals surface area (Å²) in [7, 11) is 1.99. The maximum Gasteiger partial charge on any atom is 0.276 e. The van der Waals surface area contributed by atoms with Gasteiger partial charge >= 0.3 is 0 Å². The molecule has 0 bridgehead atoms. The molecule has 1 aromatic heterocycles. The number of hydrogen-bond donors (Lipinski definition) is 5. The molecule has 3 aromatic rings. The molecule has 0 aliphatic rings. The number of rotatable bonds is 12. The minimum absolute atomic E-state index is 0.0754. The Balaban J connectivity index is 1.46. The molecule has 6 N–H and O–H groups in total. The second kappa shape index (κ2) is 14.1. The number of hydrogen-bond acceptors (Lipinski definition) is 7. The van der Waals surface area contributed by atoms with E-state index in [1.165, 1.54) is 12.1 Å². The van der Waals surface area contributed by atoms with Crippen molar-refractivity contribution in [1.82, 2.24) is 20.5 Å². The zero-order valence-electron chi connectivity index (χ0n) is 21.0. The second-order valence-electron chi connectivity index (χ2n) is 8.67. The van der Waals surface area contributed by atoms with Crippen LogP contribution in [-0.2, 0) is 17.9 Å². The number of anilines is 2. The van der Waals surface area contributed by atoms with Crippen LogP contribution in [-0.4, -0.2) is 59.5 Å². The maximum atomic E-state index is 12.5. The van der Waals surface area contributed by atoms with E-state index in [0.29, 0.717) is 24.3 Å². The molecule has 3 rings (SSSR count). The van der Waals surface area contributed by atoms with E-state index < -0.39 is 5.91 Å². The molecule has 0 atom stereocenters. The summed E-state index contributed by atoms with van der Waals surface area (Å²) in [6.45, 7) is 1.65. The minimum Gasteiger partial charge on any atom is -0.397 e. The second-order valence-corrected chi connectivity index (χ2v) is 9.06. The first kappa shape index (κ1) is 28.6. The number of nitrogens with zero attached hydrogens (tertiary/aromatic N) is 2. The molecular formula is C27H31ClN6O4. The zero-order chi connectivity index (χ0) is 27.5. The first-order valence-electron chi connectivity index (χ1n) is 12.0. The Kier molecular flexibility index (Phi) is 10.6. The number of benzene rings is 2. The number of aromatic nitrogens is 1. The number of nitrogens with one attached hydrogen (secondary N) is 3. The molecule has 200 valence electrons. The fraction of sp³-hybridized carbons (Fsp3) is 0.259. The number of halogens is 1. The van der Waals surface area contributed by atoms with Crippen LogP contribution < -0.4 is 21.7 Å². The highest BCUT2D eigenvalue weighted by molar-refractivity contribution is 6.29. The van der Waals surface area contributed by atoms with E-state index in [2.05, 4.69) is 25.8 Å². The van der Waals surface area contributed by atoms with E-state index in [4.69, 9.17) is 22.4 Å². The number of carbonyl (C=O) groups excluding carboxylic acids is 3. The predicted molar refractivity (Wildman–Crippen MR) is 147 cm³/mol. The fourth-order valence-corrected chi connectivity index (χ4v) is 3.78. The van der Waals surface area contributed by atoms with Gasteiger partial charge in [-0.25, -0.2) is 4.98 Å². The largest absolute Gasteiger partial charge is 0.397 e. The van der Waals surface area contributed by atoms with Gasteiger partial charge in [0.25, 0.3) is 11.8 Å². The molecule has 0 fully saturated rings. The van der Waals surface area contributed by atoms with Crippen molar-refractivity contribution in [2.75, 3.05) is 37.8 Å². The number of nitrogens with two attached hydrogens (primary N) is 1. The van der Waals surface area contributed by atoms with Crippen molar-refractivity contribution in [3.05, 3.63) is 88.2 Å². The standard InChI is InChI=1S/C27H31ClN6O4/c1-34(16-18-2-6-20(7-3-18)26(37)31-13-12-24(36)30-14-15-35)17-19-4-8-21(9-5-19)32-27(38)25-22(29)10-11-23(28)33-25/h2-11,35H,12-17,29H2,1H3,(H,30,36)(H,31,37)(H,32,38). The number of nitrogen functional groups attached to an aromatic ring is 1. The summed E-state index contributed by atoms with van der Waals surface area (Å²) in [5.74, 6) is -0.909. The van der Waals surface area contributed by atoms with Gasteiger partial charge in [0.05, 0.1) is 12.3 Å². The van der Waals surface area contributed by atoms with Gasteiger partial charge in [-0.1, -0.05) is 35.9 Å². The molecular weight excluding hydrogens is 508 g/mol. The lowest BCUT2D eigenvalue weighted by Gasteiger charge is -2.17. The van der Waals surface area contributed by atoms with Crippen molar-refractivity contribution < 1.29 is 19.5 Å². The van der Waals surface area contributed by atoms with Crippen LogP contribution in [0.25, 0.3) is 0 Å². The third kappa shape index (κ3) is 8.84. The molecule has 0 unspecified atom stereocenters. The summed E-state index contributed by atoms with van der Waals surface area (Å²) in [5, 5.41) is 16.9. The van der Waals surface area contributed by atoms with Crippen molar-refractivity contribution in [3.63, 3.8) is 0 Å². The van der Waals surface area contributed by atoms with Crippen LogP contribution in [0.1, 0.15) is 38.4 Å². The van der Waals surface area contributed by atoms with Crippen LogP contribution in [0.2, 0.25) is 5.15 Å². The molecule has 0 saturated carbocycles. The lowest BCUT2D eigenvalue weighted by Crippen LogP contribution is -2.32. The van der Waals surface area contributed by atoms with Crippen molar-refractivity contribution in [1.29, 1.82) is 0 Å². The van der Waals surface area contributed by atoms with Gasteiger partial charge in [0.1, 0.15) is 5.15 Å². The Bertz CT molecular complexity index is 1250. The molecule has 0 saturated heterocycles. The van der Waals surface area contributed by atoms with Gasteiger partial charge in [-0.15, -0.1) is 0 Å². The monoisotopic (exact) mass is 538 g/mol. The van der Waals surface area contributed by atoms with Crippen molar-refractivity contribution in [2.45, 2.75) is 19.5 Å². The van der Waals surface area contributed by atoms with Crippen LogP contribution in [0.4, 0.5) is 11.4 Å². The van der Waals surface area contributed by atoms with E-state index in [9.17, 15) is 14.4 Å². The molecule has 11 heteroatoms. The normalized spacial score (nSPS) is 10.7. The van der Waals surface area contributed by atoms with E-state index in [-0.39, 0.29) is 54.5 Å². The molecule has 0 aliphatic heterocycles. The first-order chi connectivity index (χ1) is 18.2. The molecule has 3 amide bonds. The lowest BCUT2D eigenvalue weighted by molar-refractivity contribution is -0.121. The van der Waals surface area contributed by atoms with Crippen LogP contribution in [0.5, 0.6) is 0 Å². The minimum atomic E-state index is -0.435. The first-order valence-corrected chi connectivity index (χ1v) is 12.4. The third-order valence-corrected chi connectivity index (χ3v) is 5.72. The van der Waals surface area contributed by atoms with Gasteiger partial charge in [-0.2, -0.15) is 0 Å². The SMILES string of the molecule is CN(Cc1ccc(NC(=O)c2nc(Cl)ccc2N)cc1)Cc1ccc(C(=O)NCCC(=O)NCCO)cc1. The smallest absolute Gasteiger partial charge is 0.276 e. The van der Waals surface area contributed by atoms with Crippen LogP contribution >= 0.6 is 11.6 Å². The molecule has 2 aromatic carbocycles. The molecule has 38 heavy (non-hydrogen) atoms. The van der Waals surface area contributed by atoms with Crippen LogP contribution in [0, 0.1) is 0 Å². The summed E-state index contributed by atoms with van der Waals surface area (Å²) >= 11 is 5.87. The number of aliphatic hydroxyl groups excluding tert-OH is 1. The van der Waals surface area contributed by atoms with Crippen molar-refractivity contribution in [3.8, 4) is 0 Å². The van der Waals surface area contributed by atoms with Gasteiger partial charge < -0.3 is 26.8 Å². The average molecular weight is 539 g/mol. The topological polar surface area (TPSA) is 150 Å². The van der Waals surface area contributed by atoms with Gasteiger partial charge in [-0.05, 0) is 54.6 Å². The van der Waals surface area contributed by atoms with Crippen molar-refractivity contribution in [2.24, 2.45) is 0 Å². The average Bonchev–Trinajstić information content (AvgIpc) is 2.90. The van der Waals surface area contributed by atoms with Crippen molar-refractivity contribution >= 4 is 40.7 Å². The third-order valence-electron chi connectivity index (χ3n) is 5.51. The van der Waals surface area contributed by atoms with Crippen LogP contribution in [0.15, 0.2) is 60.7 Å². The Labute approximate surface area is 226 Å². The van der Waals surface area contributed by atoms with Gasteiger partial charge in [0, 0.05) is 43.9 Å². The van der Waals surface area contributed by atoms with Gasteiger partial charge in [0.15, 0.2) is 5.69 Å². The molecule has 10 nitrogen and oxygen atoms in total. The number of aliphatic hydroxyl groups is 1. The molecule has 1 heterocycles. The highest BCUT2D eigenvalue weighted by Crippen LogP contribution is 2.17. The quantitative estimate of drug-likeness (QED) is 0.222. The Hall–Kier alpha value is -3.99. The fourth-order valence-electron chi connectivity index (χ4n) is 3.63. The Morgan fingerprint density at radius 1 is 0.895 bits per heavy atom. The Morgan fingerprint density at radius 2 is 1.53 bits per heavy atom.